The molecule has 0 saturated carbocycles. The summed E-state index contributed by atoms with van der Waals surface area (Å²) in [6, 6.07) is 7.27. The van der Waals surface area contributed by atoms with Crippen molar-refractivity contribution in [3.05, 3.63) is 35.4 Å². The van der Waals surface area contributed by atoms with Crippen molar-refractivity contribution in [1.82, 2.24) is 10.6 Å². The Kier molecular flexibility index (Phi) is 6.06. The Balaban J connectivity index is 2.46. The lowest BCUT2D eigenvalue weighted by atomic mass is 10.1. The summed E-state index contributed by atoms with van der Waals surface area (Å²) in [7, 11) is 0. The van der Waals surface area contributed by atoms with Crippen LogP contribution in [0.25, 0.3) is 0 Å². The van der Waals surface area contributed by atoms with E-state index in [1.807, 2.05) is 12.1 Å². The maximum Gasteiger partial charge on any atom is 0.251 e. The van der Waals surface area contributed by atoms with E-state index < -0.39 is 0 Å². The molecule has 4 nitrogen and oxygen atoms in total. The first kappa shape index (κ1) is 15.2. The fourth-order valence-corrected chi connectivity index (χ4v) is 1.58. The molecule has 1 aromatic carbocycles. The predicted octanol–water partition coefficient (Wildman–Crippen LogP) is 2.10. The molecular weight excluding hydrogens is 240 g/mol. The summed E-state index contributed by atoms with van der Waals surface area (Å²) in [5, 5.41) is 5.61. The molecule has 0 heterocycles. The average molecular weight is 262 g/mol. The van der Waals surface area contributed by atoms with Crippen molar-refractivity contribution >= 4 is 11.8 Å². The average Bonchev–Trinajstić information content (AvgIpc) is 2.36. The van der Waals surface area contributed by atoms with Gasteiger partial charge in [-0.1, -0.05) is 26.0 Å². The third-order valence-electron chi connectivity index (χ3n) is 2.76. The van der Waals surface area contributed by atoms with Gasteiger partial charge in [0.15, 0.2) is 0 Å². The number of benzene rings is 1. The van der Waals surface area contributed by atoms with Crippen LogP contribution in [0.5, 0.6) is 0 Å². The molecule has 1 rings (SSSR count). The smallest absolute Gasteiger partial charge is 0.251 e. The second-order valence-corrected chi connectivity index (χ2v) is 5.05. The first-order valence-corrected chi connectivity index (χ1v) is 6.60. The van der Waals surface area contributed by atoms with Gasteiger partial charge in [0.25, 0.3) is 5.91 Å². The van der Waals surface area contributed by atoms with Gasteiger partial charge in [-0.25, -0.2) is 0 Å². The summed E-state index contributed by atoms with van der Waals surface area (Å²) in [6.07, 6.45) is 0.979. The van der Waals surface area contributed by atoms with Gasteiger partial charge < -0.3 is 10.6 Å². The quantitative estimate of drug-likeness (QED) is 0.825. The number of rotatable bonds is 6. The molecule has 0 aliphatic carbocycles. The highest BCUT2D eigenvalue weighted by atomic mass is 16.2. The third kappa shape index (κ3) is 6.04. The maximum absolute atomic E-state index is 11.8. The molecule has 1 aromatic rings. The van der Waals surface area contributed by atoms with Gasteiger partial charge in [0, 0.05) is 25.6 Å². The highest BCUT2D eigenvalue weighted by Crippen LogP contribution is 2.05. The Morgan fingerprint density at radius 2 is 1.74 bits per heavy atom. The second-order valence-electron chi connectivity index (χ2n) is 5.05. The van der Waals surface area contributed by atoms with Gasteiger partial charge in [-0.3, -0.25) is 9.59 Å². The molecule has 0 spiro atoms. The van der Waals surface area contributed by atoms with E-state index in [0.717, 1.165) is 12.0 Å². The minimum Gasteiger partial charge on any atom is -0.352 e. The summed E-state index contributed by atoms with van der Waals surface area (Å²) >= 11 is 0. The molecule has 0 fully saturated rings. The number of carbonyl (C=O) groups is 2. The van der Waals surface area contributed by atoms with Gasteiger partial charge in [-0.2, -0.15) is 0 Å². The van der Waals surface area contributed by atoms with Crippen molar-refractivity contribution < 1.29 is 9.59 Å². The van der Waals surface area contributed by atoms with Gasteiger partial charge >= 0.3 is 0 Å². The first-order chi connectivity index (χ1) is 8.99. The van der Waals surface area contributed by atoms with Gasteiger partial charge in [-0.05, 0) is 30.0 Å². The monoisotopic (exact) mass is 262 g/mol. The summed E-state index contributed by atoms with van der Waals surface area (Å²) in [5.41, 5.74) is 1.63. The van der Waals surface area contributed by atoms with Crippen LogP contribution in [0, 0.1) is 5.92 Å². The highest BCUT2D eigenvalue weighted by molar-refractivity contribution is 5.94. The summed E-state index contributed by atoms with van der Waals surface area (Å²) in [6.45, 7) is 6.93. The predicted molar refractivity (Wildman–Crippen MR) is 75.8 cm³/mol. The van der Waals surface area contributed by atoms with Crippen LogP contribution in [0.2, 0.25) is 0 Å². The highest BCUT2D eigenvalue weighted by Gasteiger charge is 2.05. The van der Waals surface area contributed by atoms with Crippen LogP contribution in [-0.2, 0) is 11.3 Å². The lowest BCUT2D eigenvalue weighted by Crippen LogP contribution is -2.25. The Morgan fingerprint density at radius 3 is 2.26 bits per heavy atom. The van der Waals surface area contributed by atoms with Crippen LogP contribution in [0.4, 0.5) is 0 Å². The maximum atomic E-state index is 11.8. The summed E-state index contributed by atoms with van der Waals surface area (Å²) in [5.74, 6) is 0.475. The van der Waals surface area contributed by atoms with Crippen LogP contribution in [0.3, 0.4) is 0 Å². The number of carbonyl (C=O) groups excluding carboxylic acids is 2. The van der Waals surface area contributed by atoms with E-state index in [1.54, 1.807) is 12.1 Å². The van der Waals surface area contributed by atoms with Crippen molar-refractivity contribution in [1.29, 1.82) is 0 Å². The van der Waals surface area contributed by atoms with E-state index in [0.29, 0.717) is 24.6 Å². The van der Waals surface area contributed by atoms with E-state index in [4.69, 9.17) is 0 Å². The molecule has 0 radical (unpaired) electrons. The van der Waals surface area contributed by atoms with Crippen molar-refractivity contribution in [2.24, 2.45) is 5.92 Å². The van der Waals surface area contributed by atoms with Crippen molar-refractivity contribution in [2.75, 3.05) is 6.54 Å². The minimum atomic E-state index is -0.0597. The van der Waals surface area contributed by atoms with Crippen molar-refractivity contribution in [2.45, 2.75) is 33.7 Å². The van der Waals surface area contributed by atoms with E-state index in [1.165, 1.54) is 6.92 Å². The first-order valence-electron chi connectivity index (χ1n) is 6.60. The summed E-state index contributed by atoms with van der Waals surface area (Å²) < 4.78 is 0. The van der Waals surface area contributed by atoms with Crippen LogP contribution < -0.4 is 10.6 Å². The SMILES string of the molecule is CC(=O)NCc1ccc(C(=O)NCCC(C)C)cc1. The largest absolute Gasteiger partial charge is 0.352 e. The van der Waals surface area contributed by atoms with Gasteiger partial charge in [-0.15, -0.1) is 0 Å². The zero-order chi connectivity index (χ0) is 14.3. The number of nitrogens with one attached hydrogen (secondary N) is 2. The molecular formula is C15H22N2O2. The Hall–Kier alpha value is -1.84. The summed E-state index contributed by atoms with van der Waals surface area (Å²) in [4.78, 5) is 22.6. The van der Waals surface area contributed by atoms with Gasteiger partial charge in [0.2, 0.25) is 5.91 Å². The van der Waals surface area contributed by atoms with Crippen LogP contribution in [0.15, 0.2) is 24.3 Å². The van der Waals surface area contributed by atoms with Gasteiger partial charge in [0.1, 0.15) is 0 Å². The minimum absolute atomic E-state index is 0.0493. The number of hydrogen-bond donors (Lipinski definition) is 2. The van der Waals surface area contributed by atoms with Crippen LogP contribution >= 0.6 is 0 Å². The molecule has 0 bridgehead atoms. The molecule has 2 amide bonds. The van der Waals surface area contributed by atoms with E-state index in [2.05, 4.69) is 24.5 Å². The molecule has 2 N–H and O–H groups in total. The Morgan fingerprint density at radius 1 is 1.11 bits per heavy atom. The second kappa shape index (κ2) is 7.56. The lowest BCUT2D eigenvalue weighted by Gasteiger charge is -2.08. The standard InChI is InChI=1S/C15H22N2O2/c1-11(2)8-9-16-15(19)14-6-4-13(5-7-14)10-17-12(3)18/h4-7,11H,8-10H2,1-3H3,(H,16,19)(H,17,18). The zero-order valence-electron chi connectivity index (χ0n) is 11.8. The molecule has 104 valence electrons. The molecule has 19 heavy (non-hydrogen) atoms. The molecule has 0 atom stereocenters. The van der Waals surface area contributed by atoms with Crippen molar-refractivity contribution in [3.63, 3.8) is 0 Å². The normalized spacial score (nSPS) is 10.3. The fourth-order valence-electron chi connectivity index (χ4n) is 1.58. The lowest BCUT2D eigenvalue weighted by molar-refractivity contribution is -0.119. The van der Waals surface area contributed by atoms with Gasteiger partial charge in [0.05, 0.1) is 0 Å². The molecule has 0 aliphatic heterocycles. The molecule has 0 aromatic heterocycles. The Labute approximate surface area is 114 Å². The van der Waals surface area contributed by atoms with E-state index in [-0.39, 0.29) is 11.8 Å². The topological polar surface area (TPSA) is 58.2 Å². The molecule has 0 saturated heterocycles. The van der Waals surface area contributed by atoms with Crippen molar-refractivity contribution in [3.8, 4) is 0 Å². The Bertz CT molecular complexity index is 424. The zero-order valence-corrected chi connectivity index (χ0v) is 11.8. The van der Waals surface area contributed by atoms with E-state index >= 15 is 0 Å². The van der Waals surface area contributed by atoms with E-state index in [9.17, 15) is 9.59 Å². The number of amides is 2. The molecule has 0 unspecified atom stereocenters. The van der Waals surface area contributed by atoms with Crippen LogP contribution in [-0.4, -0.2) is 18.4 Å². The molecule has 4 heteroatoms. The van der Waals surface area contributed by atoms with Crippen LogP contribution in [0.1, 0.15) is 43.1 Å². The fraction of sp³-hybridized carbons (Fsp3) is 0.467. The number of hydrogen-bond acceptors (Lipinski definition) is 2. The third-order valence-corrected chi connectivity index (χ3v) is 2.76. The molecule has 0 aliphatic rings.